The number of rotatable bonds is 4. The Labute approximate surface area is 172 Å². The summed E-state index contributed by atoms with van der Waals surface area (Å²) in [5.74, 6) is 0.0665. The highest BCUT2D eigenvalue weighted by molar-refractivity contribution is 5.85. The van der Waals surface area contributed by atoms with Crippen molar-refractivity contribution in [3.8, 4) is 0 Å². The maximum Gasteiger partial charge on any atom is 0.228 e. The van der Waals surface area contributed by atoms with Crippen LogP contribution in [0, 0.1) is 5.92 Å². The van der Waals surface area contributed by atoms with E-state index in [-0.39, 0.29) is 29.8 Å². The number of nitrogens with zero attached hydrogens (tertiary/aromatic N) is 2. The summed E-state index contributed by atoms with van der Waals surface area (Å²) in [5, 5.41) is 0. The zero-order valence-electron chi connectivity index (χ0n) is 16.7. The summed E-state index contributed by atoms with van der Waals surface area (Å²) < 4.78 is 0. The van der Waals surface area contributed by atoms with Crippen LogP contribution >= 0.6 is 0 Å². The van der Waals surface area contributed by atoms with Gasteiger partial charge in [-0.25, -0.2) is 0 Å². The standard InChI is InChI=1S/C24H29N3O2/c25-20-13-15-26(16-14-20)24(29)21-11-12-22(28)27(17-18-7-3-1-4-8-18)23(21)19-9-5-2-6-10-19/h1-10,20-21,23H,11-17,25H2. The lowest BCUT2D eigenvalue weighted by atomic mass is 9.82. The van der Waals surface area contributed by atoms with E-state index in [1.54, 1.807) is 0 Å². The largest absolute Gasteiger partial charge is 0.342 e. The Balaban J connectivity index is 1.64. The highest BCUT2D eigenvalue weighted by atomic mass is 16.2. The van der Waals surface area contributed by atoms with Crippen molar-refractivity contribution >= 4 is 11.8 Å². The van der Waals surface area contributed by atoms with E-state index in [9.17, 15) is 9.59 Å². The average molecular weight is 392 g/mol. The van der Waals surface area contributed by atoms with Crippen LogP contribution < -0.4 is 5.73 Å². The van der Waals surface area contributed by atoms with Gasteiger partial charge in [0.15, 0.2) is 0 Å². The van der Waals surface area contributed by atoms with Crippen molar-refractivity contribution in [3.05, 3.63) is 71.8 Å². The molecule has 0 radical (unpaired) electrons. The van der Waals surface area contributed by atoms with Crippen molar-refractivity contribution in [3.63, 3.8) is 0 Å². The molecule has 2 saturated heterocycles. The number of hydrogen-bond donors (Lipinski definition) is 1. The Morgan fingerprint density at radius 1 is 0.931 bits per heavy atom. The van der Waals surface area contributed by atoms with Crippen LogP contribution in [0.15, 0.2) is 60.7 Å². The van der Waals surface area contributed by atoms with E-state index in [4.69, 9.17) is 5.73 Å². The van der Waals surface area contributed by atoms with E-state index in [1.165, 1.54) is 0 Å². The number of carbonyl (C=O) groups excluding carboxylic acids is 2. The summed E-state index contributed by atoms with van der Waals surface area (Å²) in [7, 11) is 0. The van der Waals surface area contributed by atoms with Crippen LogP contribution in [0.3, 0.4) is 0 Å². The molecule has 0 bridgehead atoms. The van der Waals surface area contributed by atoms with Crippen molar-refractivity contribution in [1.82, 2.24) is 9.80 Å². The van der Waals surface area contributed by atoms with Gasteiger partial charge in [-0.2, -0.15) is 0 Å². The number of carbonyl (C=O) groups is 2. The molecule has 2 aliphatic heterocycles. The Morgan fingerprint density at radius 2 is 1.55 bits per heavy atom. The molecule has 0 aliphatic carbocycles. The second kappa shape index (κ2) is 8.78. The molecule has 2 amide bonds. The number of piperidine rings is 2. The van der Waals surface area contributed by atoms with Crippen LogP contribution in [0.2, 0.25) is 0 Å². The van der Waals surface area contributed by atoms with E-state index in [1.807, 2.05) is 70.5 Å². The number of nitrogens with two attached hydrogens (primary N) is 1. The highest BCUT2D eigenvalue weighted by Gasteiger charge is 2.42. The van der Waals surface area contributed by atoms with E-state index >= 15 is 0 Å². The summed E-state index contributed by atoms with van der Waals surface area (Å²) in [5.41, 5.74) is 8.14. The molecule has 2 aromatic carbocycles. The quantitative estimate of drug-likeness (QED) is 0.871. The fourth-order valence-corrected chi connectivity index (χ4v) is 4.59. The maximum atomic E-state index is 13.5. The average Bonchev–Trinajstić information content (AvgIpc) is 2.76. The van der Waals surface area contributed by atoms with E-state index in [0.29, 0.717) is 32.5 Å². The monoisotopic (exact) mass is 391 g/mol. The van der Waals surface area contributed by atoms with Crippen molar-refractivity contribution in [2.75, 3.05) is 13.1 Å². The van der Waals surface area contributed by atoms with E-state index < -0.39 is 0 Å². The smallest absolute Gasteiger partial charge is 0.228 e. The number of hydrogen-bond acceptors (Lipinski definition) is 3. The first-order valence-corrected chi connectivity index (χ1v) is 10.6. The van der Waals surface area contributed by atoms with Gasteiger partial charge in [0, 0.05) is 32.1 Å². The third-order valence-corrected chi connectivity index (χ3v) is 6.21. The van der Waals surface area contributed by atoms with Crippen LogP contribution in [-0.4, -0.2) is 40.7 Å². The molecule has 152 valence electrons. The van der Waals surface area contributed by atoms with Gasteiger partial charge in [-0.05, 0) is 30.4 Å². The van der Waals surface area contributed by atoms with Crippen LogP contribution in [0.5, 0.6) is 0 Å². The third-order valence-electron chi connectivity index (χ3n) is 6.21. The topological polar surface area (TPSA) is 66.6 Å². The van der Waals surface area contributed by atoms with E-state index in [0.717, 1.165) is 24.0 Å². The van der Waals surface area contributed by atoms with E-state index in [2.05, 4.69) is 0 Å². The minimum Gasteiger partial charge on any atom is -0.342 e. The van der Waals surface area contributed by atoms with Gasteiger partial charge >= 0.3 is 0 Å². The van der Waals surface area contributed by atoms with Crippen molar-refractivity contribution in [2.45, 2.75) is 44.3 Å². The first kappa shape index (κ1) is 19.6. The van der Waals surface area contributed by atoms with Gasteiger partial charge in [0.2, 0.25) is 11.8 Å². The lowest BCUT2D eigenvalue weighted by Crippen LogP contribution is -2.51. The molecule has 4 rings (SSSR count). The predicted molar refractivity (Wildman–Crippen MR) is 113 cm³/mol. The second-order valence-corrected chi connectivity index (χ2v) is 8.17. The van der Waals surface area contributed by atoms with Crippen molar-refractivity contribution in [1.29, 1.82) is 0 Å². The summed E-state index contributed by atoms with van der Waals surface area (Å²) in [4.78, 5) is 30.3. The molecule has 29 heavy (non-hydrogen) atoms. The van der Waals surface area contributed by atoms with Crippen LogP contribution in [0.25, 0.3) is 0 Å². The molecule has 2 heterocycles. The molecular formula is C24H29N3O2. The Morgan fingerprint density at radius 3 is 2.21 bits per heavy atom. The van der Waals surface area contributed by atoms with Gasteiger partial charge in [0.1, 0.15) is 0 Å². The molecule has 0 aromatic heterocycles. The first-order chi connectivity index (χ1) is 14.1. The number of benzene rings is 2. The predicted octanol–water partition coefficient (Wildman–Crippen LogP) is 3.12. The highest BCUT2D eigenvalue weighted by Crippen LogP contribution is 2.39. The molecule has 2 atom stereocenters. The molecule has 2 unspecified atom stereocenters. The number of amides is 2. The van der Waals surface area contributed by atoms with Gasteiger partial charge < -0.3 is 15.5 Å². The van der Waals surface area contributed by atoms with Crippen LogP contribution in [0.4, 0.5) is 0 Å². The van der Waals surface area contributed by atoms with Gasteiger partial charge in [0.25, 0.3) is 0 Å². The number of likely N-dealkylation sites (tertiary alicyclic amines) is 2. The maximum absolute atomic E-state index is 13.5. The molecule has 2 fully saturated rings. The minimum absolute atomic E-state index is 0.118. The van der Waals surface area contributed by atoms with Crippen molar-refractivity contribution < 1.29 is 9.59 Å². The summed E-state index contributed by atoms with van der Waals surface area (Å²) in [6.07, 6.45) is 2.72. The molecule has 5 nitrogen and oxygen atoms in total. The molecule has 0 spiro atoms. The molecular weight excluding hydrogens is 362 g/mol. The van der Waals surface area contributed by atoms with Crippen LogP contribution in [-0.2, 0) is 16.1 Å². The van der Waals surface area contributed by atoms with Gasteiger partial charge in [0.05, 0.1) is 12.0 Å². The fraction of sp³-hybridized carbons (Fsp3) is 0.417. The zero-order valence-corrected chi connectivity index (χ0v) is 16.7. The Hall–Kier alpha value is -2.66. The first-order valence-electron chi connectivity index (χ1n) is 10.6. The van der Waals surface area contributed by atoms with Gasteiger partial charge in [-0.3, -0.25) is 9.59 Å². The molecule has 0 saturated carbocycles. The minimum atomic E-state index is -0.235. The third kappa shape index (κ3) is 4.35. The fourth-order valence-electron chi connectivity index (χ4n) is 4.59. The SMILES string of the molecule is NC1CCN(C(=O)C2CCC(=O)N(Cc3ccccc3)C2c2ccccc2)CC1. The Bertz CT molecular complexity index is 832. The Kier molecular flexibility index (Phi) is 5.95. The lowest BCUT2D eigenvalue weighted by Gasteiger charge is -2.43. The van der Waals surface area contributed by atoms with Gasteiger partial charge in [-0.15, -0.1) is 0 Å². The van der Waals surface area contributed by atoms with Gasteiger partial charge in [-0.1, -0.05) is 60.7 Å². The second-order valence-electron chi connectivity index (χ2n) is 8.17. The summed E-state index contributed by atoms with van der Waals surface area (Å²) in [6, 6.07) is 20.0. The normalized spacial score (nSPS) is 23.3. The zero-order chi connectivity index (χ0) is 20.2. The summed E-state index contributed by atoms with van der Waals surface area (Å²) in [6.45, 7) is 1.95. The molecule has 2 N–H and O–H groups in total. The molecule has 5 heteroatoms. The molecule has 2 aromatic rings. The summed E-state index contributed by atoms with van der Waals surface area (Å²) >= 11 is 0. The van der Waals surface area contributed by atoms with Crippen molar-refractivity contribution in [2.24, 2.45) is 11.7 Å². The molecule has 2 aliphatic rings. The lowest BCUT2D eigenvalue weighted by molar-refractivity contribution is -0.149. The van der Waals surface area contributed by atoms with Crippen LogP contribution in [0.1, 0.15) is 42.9 Å².